The van der Waals surface area contributed by atoms with Crippen molar-refractivity contribution in [2.24, 2.45) is 0 Å². The molecule has 0 saturated heterocycles. The van der Waals surface area contributed by atoms with Crippen LogP contribution >= 0.6 is 7.60 Å². The number of nitrogen functional groups attached to an aromatic ring is 2. The molecule has 0 aliphatic heterocycles. The lowest BCUT2D eigenvalue weighted by molar-refractivity contribution is -0.144. The summed E-state index contributed by atoms with van der Waals surface area (Å²) in [7, 11) is -2.06. The average Bonchev–Trinajstić information content (AvgIpc) is 2.93. The number of nitrogens with one attached hydrogen (secondary N) is 1. The maximum Gasteiger partial charge on any atom is 0.381 e. The monoisotopic (exact) mass is 580 g/mol. The van der Waals surface area contributed by atoms with Gasteiger partial charge in [0.05, 0.1) is 24.6 Å². The zero-order chi connectivity index (χ0) is 29.6. The van der Waals surface area contributed by atoms with E-state index in [1.54, 1.807) is 60.8 Å². The molecule has 0 aliphatic rings. The van der Waals surface area contributed by atoms with Crippen LogP contribution < -0.4 is 26.2 Å². The standard InChI is InChI=1S/C26H29N8O6P/c1-16(25(36)37)39-41(38,40-20-6-4-3-5-7-20)13-12-29-24(35)17-8-10-19(11-9-17)34(2)15-18-14-30-23-21(31-18)22(27)32-26(28)33-23/h3-11,14,16H,12-13,15H2,1-2H3,(H,29,35)(H,36,37)(H4,27,28,30,32,33). The number of benzene rings is 2. The molecule has 0 bridgehead atoms. The van der Waals surface area contributed by atoms with Crippen LogP contribution in [0.15, 0.2) is 60.8 Å². The maximum atomic E-state index is 13.3. The number of carboxylic acid groups (broad SMARTS) is 1. The number of hydrogen-bond donors (Lipinski definition) is 4. The number of carbonyl (C=O) groups is 2. The third-order valence-electron chi connectivity index (χ3n) is 5.80. The van der Waals surface area contributed by atoms with Gasteiger partial charge in [-0.15, -0.1) is 0 Å². The Morgan fingerprint density at radius 3 is 2.46 bits per heavy atom. The number of rotatable bonds is 12. The topological polar surface area (TPSA) is 209 Å². The van der Waals surface area contributed by atoms with Gasteiger partial charge in [0.15, 0.2) is 23.1 Å². The van der Waals surface area contributed by atoms with Gasteiger partial charge >= 0.3 is 13.6 Å². The lowest BCUT2D eigenvalue weighted by atomic mass is 10.2. The number of fused-ring (bicyclic) bond motifs is 1. The van der Waals surface area contributed by atoms with Gasteiger partial charge in [0, 0.05) is 24.8 Å². The third kappa shape index (κ3) is 7.65. The van der Waals surface area contributed by atoms with Gasteiger partial charge in [-0.25, -0.2) is 19.3 Å². The fourth-order valence-corrected chi connectivity index (χ4v) is 5.36. The van der Waals surface area contributed by atoms with Crippen LogP contribution in [0.25, 0.3) is 11.2 Å². The van der Waals surface area contributed by atoms with Gasteiger partial charge in [0.1, 0.15) is 5.75 Å². The summed E-state index contributed by atoms with van der Waals surface area (Å²) in [6, 6.07) is 15.1. The lowest BCUT2D eigenvalue weighted by Crippen LogP contribution is -2.28. The molecule has 2 aromatic heterocycles. The molecule has 41 heavy (non-hydrogen) atoms. The lowest BCUT2D eigenvalue weighted by Gasteiger charge is -2.21. The summed E-state index contributed by atoms with van der Waals surface area (Å²) < 4.78 is 24.1. The molecule has 0 aliphatic carbocycles. The second-order valence-electron chi connectivity index (χ2n) is 8.98. The Morgan fingerprint density at radius 2 is 1.78 bits per heavy atom. The van der Waals surface area contributed by atoms with E-state index in [2.05, 4.69) is 25.3 Å². The molecule has 4 aromatic rings. The smallest absolute Gasteiger partial charge is 0.381 e. The van der Waals surface area contributed by atoms with Crippen LogP contribution in [-0.4, -0.2) is 62.8 Å². The van der Waals surface area contributed by atoms with Crippen molar-refractivity contribution in [1.82, 2.24) is 25.3 Å². The van der Waals surface area contributed by atoms with E-state index < -0.39 is 25.6 Å². The van der Waals surface area contributed by atoms with Gasteiger partial charge in [0.2, 0.25) is 5.95 Å². The van der Waals surface area contributed by atoms with Crippen molar-refractivity contribution >= 4 is 48.1 Å². The molecule has 214 valence electrons. The van der Waals surface area contributed by atoms with Gasteiger partial charge in [-0.05, 0) is 43.3 Å². The van der Waals surface area contributed by atoms with Crippen LogP contribution in [0.3, 0.4) is 0 Å². The number of nitrogens with two attached hydrogens (primary N) is 2. The van der Waals surface area contributed by atoms with E-state index in [0.29, 0.717) is 29.0 Å². The number of hydrogen-bond acceptors (Lipinski definition) is 12. The normalized spacial score (nSPS) is 13.2. The van der Waals surface area contributed by atoms with E-state index in [9.17, 15) is 19.3 Å². The number of amides is 1. The van der Waals surface area contributed by atoms with E-state index in [1.165, 1.54) is 6.92 Å². The van der Waals surface area contributed by atoms with Gasteiger partial charge < -0.3 is 31.3 Å². The molecule has 4 rings (SSSR count). The van der Waals surface area contributed by atoms with Crippen molar-refractivity contribution < 1.29 is 28.3 Å². The largest absolute Gasteiger partial charge is 0.479 e. The molecular formula is C26H29N8O6P. The van der Waals surface area contributed by atoms with Crippen LogP contribution in [0.4, 0.5) is 17.5 Å². The predicted octanol–water partition coefficient (Wildman–Crippen LogP) is 2.71. The van der Waals surface area contributed by atoms with Crippen molar-refractivity contribution in [1.29, 1.82) is 0 Å². The van der Waals surface area contributed by atoms with Gasteiger partial charge in [-0.3, -0.25) is 9.32 Å². The quantitative estimate of drug-likeness (QED) is 0.178. The number of carbonyl (C=O) groups excluding carboxylic acids is 1. The number of carboxylic acids is 1. The first-order chi connectivity index (χ1) is 19.5. The highest BCUT2D eigenvalue weighted by molar-refractivity contribution is 7.54. The highest BCUT2D eigenvalue weighted by Gasteiger charge is 2.31. The summed E-state index contributed by atoms with van der Waals surface area (Å²) in [4.78, 5) is 42.6. The number of nitrogens with zero attached hydrogens (tertiary/aromatic N) is 5. The molecule has 2 atom stereocenters. The summed E-state index contributed by atoms with van der Waals surface area (Å²) in [5.74, 6) is -1.27. The first-order valence-electron chi connectivity index (χ1n) is 12.4. The number of aliphatic carboxylic acids is 1. The Balaban J connectivity index is 1.36. The molecule has 15 heteroatoms. The Labute approximate surface area is 235 Å². The minimum absolute atomic E-state index is 0.0222. The summed E-state index contributed by atoms with van der Waals surface area (Å²) in [6.45, 7) is 1.58. The molecule has 2 heterocycles. The fraction of sp³-hybridized carbons (Fsp3) is 0.231. The SMILES string of the molecule is CC(OP(=O)(CCNC(=O)c1ccc(N(C)Cc2cnc3nc(N)nc(N)c3n2)cc1)Oc1ccccc1)C(=O)O. The van der Waals surface area contributed by atoms with Crippen LogP contribution in [0, 0.1) is 0 Å². The summed E-state index contributed by atoms with van der Waals surface area (Å²) in [6.07, 6.45) is -0.0239. The van der Waals surface area contributed by atoms with E-state index in [4.69, 9.17) is 20.5 Å². The number of aromatic nitrogens is 4. The van der Waals surface area contributed by atoms with E-state index in [-0.39, 0.29) is 30.2 Å². The van der Waals surface area contributed by atoms with Crippen LogP contribution in [0.2, 0.25) is 0 Å². The molecule has 14 nitrogen and oxygen atoms in total. The minimum atomic E-state index is -3.91. The summed E-state index contributed by atoms with van der Waals surface area (Å²) in [5, 5.41) is 11.9. The maximum absolute atomic E-state index is 13.3. The van der Waals surface area contributed by atoms with Crippen molar-refractivity contribution in [2.45, 2.75) is 19.6 Å². The molecule has 6 N–H and O–H groups in total. The van der Waals surface area contributed by atoms with Crippen molar-refractivity contribution in [2.75, 3.05) is 36.1 Å². The summed E-state index contributed by atoms with van der Waals surface area (Å²) in [5.41, 5.74) is 14.0. The number of para-hydroxylation sites is 1. The molecule has 1 amide bonds. The summed E-state index contributed by atoms with van der Waals surface area (Å²) >= 11 is 0. The Hall–Kier alpha value is -4.81. The molecule has 2 aromatic carbocycles. The van der Waals surface area contributed by atoms with Crippen molar-refractivity contribution in [3.05, 3.63) is 72.1 Å². The third-order valence-corrected chi connectivity index (χ3v) is 7.69. The molecule has 0 spiro atoms. The zero-order valence-corrected chi connectivity index (χ0v) is 23.2. The molecule has 0 saturated carbocycles. The molecular weight excluding hydrogens is 551 g/mol. The van der Waals surface area contributed by atoms with Gasteiger partial charge in [-0.1, -0.05) is 18.2 Å². The van der Waals surface area contributed by atoms with Crippen LogP contribution in [0.1, 0.15) is 23.0 Å². The predicted molar refractivity (Wildman–Crippen MR) is 153 cm³/mol. The molecule has 0 radical (unpaired) electrons. The van der Waals surface area contributed by atoms with Crippen LogP contribution in [0.5, 0.6) is 5.75 Å². The van der Waals surface area contributed by atoms with Gasteiger partial charge in [-0.2, -0.15) is 9.97 Å². The van der Waals surface area contributed by atoms with E-state index in [1.807, 2.05) is 11.9 Å². The highest BCUT2D eigenvalue weighted by atomic mass is 31.2. The second-order valence-corrected chi connectivity index (χ2v) is 11.0. The Kier molecular flexibility index (Phi) is 8.95. The fourth-order valence-electron chi connectivity index (χ4n) is 3.72. The Bertz CT molecular complexity index is 1590. The molecule has 0 fully saturated rings. The first kappa shape index (κ1) is 29.2. The van der Waals surface area contributed by atoms with Crippen molar-refractivity contribution in [3.8, 4) is 5.75 Å². The average molecular weight is 581 g/mol. The second kappa shape index (κ2) is 12.6. The van der Waals surface area contributed by atoms with E-state index >= 15 is 0 Å². The van der Waals surface area contributed by atoms with Crippen LogP contribution in [-0.2, 0) is 20.4 Å². The van der Waals surface area contributed by atoms with Gasteiger partial charge in [0.25, 0.3) is 5.91 Å². The zero-order valence-electron chi connectivity index (χ0n) is 22.3. The number of anilines is 3. The highest BCUT2D eigenvalue weighted by Crippen LogP contribution is 2.49. The first-order valence-corrected chi connectivity index (χ1v) is 14.1. The Morgan fingerprint density at radius 1 is 1.07 bits per heavy atom. The minimum Gasteiger partial charge on any atom is -0.479 e. The van der Waals surface area contributed by atoms with E-state index in [0.717, 1.165) is 5.69 Å². The van der Waals surface area contributed by atoms with Crippen molar-refractivity contribution in [3.63, 3.8) is 0 Å². The molecule has 2 unspecified atom stereocenters.